The zero-order chi connectivity index (χ0) is 12.4. The Morgan fingerprint density at radius 1 is 1.41 bits per heavy atom. The molecule has 0 bridgehead atoms. The number of aromatic nitrogens is 3. The summed E-state index contributed by atoms with van der Waals surface area (Å²) in [5, 5.41) is 8.33. The molecule has 0 spiro atoms. The Kier molecular flexibility index (Phi) is 3.79. The van der Waals surface area contributed by atoms with Gasteiger partial charge in [0, 0.05) is 19.6 Å². The maximum Gasteiger partial charge on any atom is 0.146 e. The second-order valence-electron chi connectivity index (χ2n) is 5.21. The molecule has 2 N–H and O–H groups in total. The van der Waals surface area contributed by atoms with Crippen LogP contribution in [0.15, 0.2) is 0 Å². The molecule has 1 saturated heterocycles. The van der Waals surface area contributed by atoms with Crippen molar-refractivity contribution in [1.29, 1.82) is 0 Å². The van der Waals surface area contributed by atoms with Crippen molar-refractivity contribution >= 4 is 0 Å². The first kappa shape index (κ1) is 12.5. The highest BCUT2D eigenvalue weighted by Gasteiger charge is 2.26. The number of rotatable bonds is 3. The van der Waals surface area contributed by atoms with Crippen LogP contribution in [0.3, 0.4) is 0 Å². The second kappa shape index (κ2) is 5.14. The molecule has 1 aliphatic rings. The highest BCUT2D eigenvalue weighted by molar-refractivity contribution is 4.94. The minimum atomic E-state index is 0.496. The summed E-state index contributed by atoms with van der Waals surface area (Å²) in [6.07, 6.45) is 2.46. The van der Waals surface area contributed by atoms with Crippen LogP contribution >= 0.6 is 0 Å². The van der Waals surface area contributed by atoms with Gasteiger partial charge in [0.2, 0.25) is 0 Å². The van der Waals surface area contributed by atoms with Crippen molar-refractivity contribution in [2.24, 2.45) is 18.7 Å². The van der Waals surface area contributed by atoms with E-state index in [1.807, 2.05) is 14.0 Å². The molecule has 0 saturated carbocycles. The fraction of sp³-hybridized carbons (Fsp3) is 0.833. The summed E-state index contributed by atoms with van der Waals surface area (Å²) in [5.74, 6) is 2.80. The second-order valence-corrected chi connectivity index (χ2v) is 5.21. The normalized spacial score (nSPS) is 26.4. The van der Waals surface area contributed by atoms with E-state index in [4.69, 9.17) is 5.73 Å². The average Bonchev–Trinajstić information content (AvgIpc) is 2.63. The van der Waals surface area contributed by atoms with Crippen molar-refractivity contribution in [1.82, 2.24) is 19.7 Å². The van der Waals surface area contributed by atoms with Crippen LogP contribution in [-0.4, -0.2) is 38.8 Å². The molecule has 2 unspecified atom stereocenters. The molecule has 5 heteroatoms. The first-order chi connectivity index (χ1) is 8.11. The highest BCUT2D eigenvalue weighted by Crippen LogP contribution is 2.23. The van der Waals surface area contributed by atoms with Gasteiger partial charge in [0.15, 0.2) is 0 Å². The van der Waals surface area contributed by atoms with Crippen molar-refractivity contribution in [2.75, 3.05) is 13.1 Å². The summed E-state index contributed by atoms with van der Waals surface area (Å²) in [6, 6.07) is 0.496. The van der Waals surface area contributed by atoms with Crippen molar-refractivity contribution in [3.05, 3.63) is 11.6 Å². The third kappa shape index (κ3) is 2.66. The van der Waals surface area contributed by atoms with E-state index < -0.39 is 0 Å². The SMILES string of the molecule is Cc1nnc(CN2CCC(C)CC2CN)n1C. The van der Waals surface area contributed by atoms with Crippen LogP contribution in [0.4, 0.5) is 0 Å². The predicted molar refractivity (Wildman–Crippen MR) is 67.4 cm³/mol. The topological polar surface area (TPSA) is 60.0 Å². The number of hydrogen-bond acceptors (Lipinski definition) is 4. The molecule has 0 aliphatic carbocycles. The van der Waals surface area contributed by atoms with Crippen LogP contribution in [0.2, 0.25) is 0 Å². The van der Waals surface area contributed by atoms with Crippen LogP contribution in [0.5, 0.6) is 0 Å². The fourth-order valence-corrected chi connectivity index (χ4v) is 2.52. The van der Waals surface area contributed by atoms with Crippen molar-refractivity contribution in [3.63, 3.8) is 0 Å². The van der Waals surface area contributed by atoms with E-state index in [0.717, 1.165) is 37.2 Å². The van der Waals surface area contributed by atoms with Crippen molar-refractivity contribution < 1.29 is 0 Å². The number of nitrogens with two attached hydrogens (primary N) is 1. The van der Waals surface area contributed by atoms with Crippen molar-refractivity contribution in [3.8, 4) is 0 Å². The minimum absolute atomic E-state index is 0.496. The van der Waals surface area contributed by atoms with Crippen molar-refractivity contribution in [2.45, 2.75) is 39.3 Å². The Hall–Kier alpha value is -0.940. The molecule has 2 rings (SSSR count). The van der Waals surface area contributed by atoms with Gasteiger partial charge < -0.3 is 10.3 Å². The van der Waals surface area contributed by atoms with E-state index >= 15 is 0 Å². The molecular weight excluding hydrogens is 214 g/mol. The van der Waals surface area contributed by atoms with Gasteiger partial charge in [-0.25, -0.2) is 0 Å². The van der Waals surface area contributed by atoms with Crippen LogP contribution in [-0.2, 0) is 13.6 Å². The van der Waals surface area contributed by atoms with Crippen LogP contribution in [0, 0.1) is 12.8 Å². The summed E-state index contributed by atoms with van der Waals surface area (Å²) < 4.78 is 2.06. The molecule has 0 amide bonds. The molecule has 0 aromatic carbocycles. The molecule has 2 atom stereocenters. The van der Waals surface area contributed by atoms with Gasteiger partial charge in [-0.05, 0) is 32.2 Å². The van der Waals surface area contributed by atoms with E-state index in [-0.39, 0.29) is 0 Å². The maximum atomic E-state index is 5.87. The molecule has 0 radical (unpaired) electrons. The van der Waals surface area contributed by atoms with E-state index in [1.165, 1.54) is 12.8 Å². The molecular formula is C12H23N5. The summed E-state index contributed by atoms with van der Waals surface area (Å²) >= 11 is 0. The number of hydrogen-bond donors (Lipinski definition) is 1. The lowest BCUT2D eigenvalue weighted by atomic mass is 9.92. The summed E-state index contributed by atoms with van der Waals surface area (Å²) in [4.78, 5) is 2.45. The van der Waals surface area contributed by atoms with Crippen LogP contribution < -0.4 is 5.73 Å². The Morgan fingerprint density at radius 3 is 2.76 bits per heavy atom. The fourth-order valence-electron chi connectivity index (χ4n) is 2.52. The Labute approximate surface area is 103 Å². The number of aryl methyl sites for hydroxylation is 1. The average molecular weight is 237 g/mol. The maximum absolute atomic E-state index is 5.87. The molecule has 5 nitrogen and oxygen atoms in total. The molecule has 17 heavy (non-hydrogen) atoms. The monoisotopic (exact) mass is 237 g/mol. The standard InChI is InChI=1S/C12H23N5/c1-9-4-5-17(11(6-9)7-13)8-12-15-14-10(2)16(12)3/h9,11H,4-8,13H2,1-3H3. The third-order valence-electron chi connectivity index (χ3n) is 3.90. The van der Waals surface area contributed by atoms with Gasteiger partial charge in [-0.3, -0.25) is 4.90 Å². The van der Waals surface area contributed by atoms with Crippen LogP contribution in [0.1, 0.15) is 31.4 Å². The first-order valence-electron chi connectivity index (χ1n) is 6.40. The van der Waals surface area contributed by atoms with Gasteiger partial charge >= 0.3 is 0 Å². The summed E-state index contributed by atoms with van der Waals surface area (Å²) in [5.41, 5.74) is 5.87. The molecule has 2 heterocycles. The quantitative estimate of drug-likeness (QED) is 0.840. The molecule has 1 aromatic heterocycles. The molecule has 1 aromatic rings. The molecule has 1 aliphatic heterocycles. The Morgan fingerprint density at radius 2 is 2.18 bits per heavy atom. The van der Waals surface area contributed by atoms with E-state index in [2.05, 4.69) is 26.6 Å². The number of likely N-dealkylation sites (tertiary alicyclic amines) is 1. The Bertz CT molecular complexity index is 373. The van der Waals surface area contributed by atoms with Gasteiger partial charge in [-0.15, -0.1) is 10.2 Å². The largest absolute Gasteiger partial charge is 0.329 e. The lowest BCUT2D eigenvalue weighted by Gasteiger charge is -2.37. The first-order valence-corrected chi connectivity index (χ1v) is 6.40. The van der Waals surface area contributed by atoms with E-state index in [0.29, 0.717) is 6.04 Å². The highest BCUT2D eigenvalue weighted by atomic mass is 15.3. The smallest absolute Gasteiger partial charge is 0.146 e. The lowest BCUT2D eigenvalue weighted by Crippen LogP contribution is -2.46. The molecule has 96 valence electrons. The zero-order valence-electron chi connectivity index (χ0n) is 11.1. The number of piperidine rings is 1. The third-order valence-corrected chi connectivity index (χ3v) is 3.90. The Balaban J connectivity index is 2.04. The summed E-state index contributed by atoms with van der Waals surface area (Å²) in [7, 11) is 2.02. The minimum Gasteiger partial charge on any atom is -0.329 e. The van der Waals surface area contributed by atoms with Crippen LogP contribution in [0.25, 0.3) is 0 Å². The van der Waals surface area contributed by atoms with Gasteiger partial charge in [-0.1, -0.05) is 6.92 Å². The van der Waals surface area contributed by atoms with Gasteiger partial charge in [0.05, 0.1) is 6.54 Å². The number of nitrogens with zero attached hydrogens (tertiary/aromatic N) is 4. The lowest BCUT2D eigenvalue weighted by molar-refractivity contribution is 0.111. The van der Waals surface area contributed by atoms with Gasteiger partial charge in [0.25, 0.3) is 0 Å². The zero-order valence-corrected chi connectivity index (χ0v) is 11.1. The molecule has 1 fully saturated rings. The van der Waals surface area contributed by atoms with E-state index in [9.17, 15) is 0 Å². The predicted octanol–water partition coefficient (Wildman–Crippen LogP) is 0.683. The van der Waals surface area contributed by atoms with Gasteiger partial charge in [-0.2, -0.15) is 0 Å². The summed E-state index contributed by atoms with van der Waals surface area (Å²) in [6.45, 7) is 7.02. The van der Waals surface area contributed by atoms with E-state index in [1.54, 1.807) is 0 Å². The van der Waals surface area contributed by atoms with Gasteiger partial charge in [0.1, 0.15) is 11.6 Å².